The molecule has 1 aliphatic carbocycles. The number of pyridine rings is 1. The summed E-state index contributed by atoms with van der Waals surface area (Å²) in [6, 6.07) is 13.3. The summed E-state index contributed by atoms with van der Waals surface area (Å²) >= 11 is 3.52. The zero-order valence-electron chi connectivity index (χ0n) is 16.4. The summed E-state index contributed by atoms with van der Waals surface area (Å²) in [6.07, 6.45) is 2.16. The number of ketones is 1. The Bertz CT molecular complexity index is 1070. The number of aromatic nitrogens is 1. The molecule has 1 unspecified atom stereocenters. The molecule has 0 saturated carbocycles. The highest BCUT2D eigenvalue weighted by atomic mass is 79.9. The normalized spacial score (nSPS) is 19.0. The largest absolute Gasteiger partial charge is 0.362 e. The molecule has 29 heavy (non-hydrogen) atoms. The third-order valence-corrected chi connectivity index (χ3v) is 5.83. The lowest BCUT2D eigenvalue weighted by molar-refractivity contribution is -0.116. The summed E-state index contributed by atoms with van der Waals surface area (Å²) in [5.41, 5.74) is 4.72. The van der Waals surface area contributed by atoms with E-state index in [4.69, 9.17) is 0 Å². The number of hydrogen-bond donors (Lipinski definition) is 2. The number of amides is 1. The van der Waals surface area contributed by atoms with Crippen LogP contribution in [0.1, 0.15) is 43.4 Å². The second-order valence-electron chi connectivity index (χ2n) is 7.44. The van der Waals surface area contributed by atoms with Crippen molar-refractivity contribution in [2.24, 2.45) is 0 Å². The number of halogens is 1. The molecule has 0 saturated heterocycles. The van der Waals surface area contributed by atoms with Crippen LogP contribution >= 0.6 is 15.9 Å². The number of carbonyl (C=O) groups excluding carboxylic acids is 2. The van der Waals surface area contributed by atoms with Crippen molar-refractivity contribution in [3.05, 3.63) is 80.7 Å². The molecule has 2 aromatic rings. The molecule has 1 aromatic carbocycles. The van der Waals surface area contributed by atoms with Crippen LogP contribution < -0.4 is 10.6 Å². The van der Waals surface area contributed by atoms with E-state index in [9.17, 15) is 9.59 Å². The van der Waals surface area contributed by atoms with Gasteiger partial charge in [0.15, 0.2) is 5.78 Å². The minimum absolute atomic E-state index is 0.107. The van der Waals surface area contributed by atoms with Crippen LogP contribution in [0.5, 0.6) is 0 Å². The summed E-state index contributed by atoms with van der Waals surface area (Å²) in [6.45, 7) is 3.77. The van der Waals surface area contributed by atoms with E-state index in [0.29, 0.717) is 23.4 Å². The number of benzene rings is 1. The molecule has 0 fully saturated rings. The zero-order chi connectivity index (χ0) is 20.5. The van der Waals surface area contributed by atoms with Gasteiger partial charge in [-0.25, -0.2) is 4.98 Å². The lowest BCUT2D eigenvalue weighted by Crippen LogP contribution is -2.35. The number of hydrogen-bond acceptors (Lipinski definition) is 4. The van der Waals surface area contributed by atoms with Gasteiger partial charge in [0.2, 0.25) is 0 Å². The number of carbonyl (C=O) groups is 2. The molecule has 0 spiro atoms. The molecular weight excluding hydrogens is 430 g/mol. The van der Waals surface area contributed by atoms with Gasteiger partial charge in [-0.3, -0.25) is 9.59 Å². The molecule has 2 heterocycles. The van der Waals surface area contributed by atoms with E-state index < -0.39 is 5.92 Å². The van der Waals surface area contributed by atoms with Crippen LogP contribution in [0.4, 0.5) is 5.82 Å². The molecule has 5 nitrogen and oxygen atoms in total. The van der Waals surface area contributed by atoms with Crippen LogP contribution in [0.15, 0.2) is 69.5 Å². The Morgan fingerprint density at radius 3 is 2.72 bits per heavy atom. The number of nitrogens with zero attached hydrogens (tertiary/aromatic N) is 1. The van der Waals surface area contributed by atoms with Crippen molar-refractivity contribution in [3.63, 3.8) is 0 Å². The van der Waals surface area contributed by atoms with E-state index in [2.05, 4.69) is 31.5 Å². The van der Waals surface area contributed by atoms with Crippen molar-refractivity contribution in [2.75, 3.05) is 5.32 Å². The molecule has 0 bridgehead atoms. The molecule has 1 atom stereocenters. The Kier molecular flexibility index (Phi) is 5.37. The fourth-order valence-corrected chi connectivity index (χ4v) is 4.52. The number of aryl methyl sites for hydroxylation is 1. The molecule has 1 aromatic heterocycles. The maximum Gasteiger partial charge on any atom is 0.255 e. The number of anilines is 1. The molecule has 4 rings (SSSR count). The molecule has 148 valence electrons. The van der Waals surface area contributed by atoms with Crippen LogP contribution in [-0.2, 0) is 9.59 Å². The van der Waals surface area contributed by atoms with Crippen molar-refractivity contribution >= 4 is 33.4 Å². The van der Waals surface area contributed by atoms with Gasteiger partial charge in [-0.15, -0.1) is 0 Å². The Labute approximate surface area is 178 Å². The highest BCUT2D eigenvalue weighted by Gasteiger charge is 2.38. The van der Waals surface area contributed by atoms with Gasteiger partial charge in [-0.2, -0.15) is 0 Å². The molecule has 1 aliphatic heterocycles. The van der Waals surface area contributed by atoms with Crippen LogP contribution in [0, 0.1) is 6.92 Å². The number of allylic oxidation sites excluding steroid dienone is 3. The Morgan fingerprint density at radius 1 is 1.17 bits per heavy atom. The average Bonchev–Trinajstić information content (AvgIpc) is 2.67. The van der Waals surface area contributed by atoms with Gasteiger partial charge in [0.25, 0.3) is 5.91 Å². The van der Waals surface area contributed by atoms with Gasteiger partial charge in [0.1, 0.15) is 5.82 Å². The smallest absolute Gasteiger partial charge is 0.255 e. The maximum absolute atomic E-state index is 13.3. The van der Waals surface area contributed by atoms with Gasteiger partial charge in [-0.1, -0.05) is 34.1 Å². The first kappa shape index (κ1) is 19.6. The molecule has 2 N–H and O–H groups in total. The van der Waals surface area contributed by atoms with Gasteiger partial charge in [0, 0.05) is 45.0 Å². The van der Waals surface area contributed by atoms with Crippen molar-refractivity contribution in [1.82, 2.24) is 10.3 Å². The van der Waals surface area contributed by atoms with Crippen molar-refractivity contribution in [3.8, 4) is 0 Å². The van der Waals surface area contributed by atoms with Crippen molar-refractivity contribution in [1.29, 1.82) is 0 Å². The SMILES string of the molecule is CC1=C(C(=O)Nc2cccc(C)n2)C(c2cccc(Br)c2)C2=C(CCCC2=O)N1. The standard InChI is InChI=1S/C23H22BrN3O2/c1-13-6-3-11-19(25-13)27-23(29)20-14(2)26-17-9-5-10-18(28)22(17)21(20)15-7-4-8-16(24)12-15/h3-4,6-8,11-12,21,26H,5,9-10H2,1-2H3,(H,25,27,29). The van der Waals surface area contributed by atoms with E-state index in [-0.39, 0.29) is 11.7 Å². The predicted octanol–water partition coefficient (Wildman–Crippen LogP) is 4.76. The van der Waals surface area contributed by atoms with Crippen LogP contribution in [0.25, 0.3) is 0 Å². The van der Waals surface area contributed by atoms with E-state index in [0.717, 1.165) is 40.0 Å². The van der Waals surface area contributed by atoms with E-state index in [1.165, 1.54) is 0 Å². The fraction of sp³-hybridized carbons (Fsp3) is 0.261. The third-order valence-electron chi connectivity index (χ3n) is 5.33. The van der Waals surface area contributed by atoms with E-state index >= 15 is 0 Å². The molecule has 2 aliphatic rings. The van der Waals surface area contributed by atoms with Crippen LogP contribution in [0.3, 0.4) is 0 Å². The second kappa shape index (κ2) is 7.95. The molecule has 6 heteroatoms. The third kappa shape index (κ3) is 3.90. The molecular formula is C23H22BrN3O2. The van der Waals surface area contributed by atoms with E-state index in [1.807, 2.05) is 50.2 Å². The fourth-order valence-electron chi connectivity index (χ4n) is 4.10. The van der Waals surface area contributed by atoms with Gasteiger partial charge >= 0.3 is 0 Å². The first-order chi connectivity index (χ1) is 13.9. The number of rotatable bonds is 3. The average molecular weight is 452 g/mol. The van der Waals surface area contributed by atoms with Gasteiger partial charge in [0.05, 0.1) is 0 Å². The lowest BCUT2D eigenvalue weighted by Gasteiger charge is -2.34. The van der Waals surface area contributed by atoms with Gasteiger partial charge < -0.3 is 10.6 Å². The first-order valence-corrected chi connectivity index (χ1v) is 10.5. The second-order valence-corrected chi connectivity index (χ2v) is 8.35. The highest BCUT2D eigenvalue weighted by molar-refractivity contribution is 9.10. The van der Waals surface area contributed by atoms with Crippen LogP contribution in [-0.4, -0.2) is 16.7 Å². The van der Waals surface area contributed by atoms with Crippen molar-refractivity contribution in [2.45, 2.75) is 39.0 Å². The first-order valence-electron chi connectivity index (χ1n) is 9.68. The Hall–Kier alpha value is -2.73. The Morgan fingerprint density at radius 2 is 1.97 bits per heavy atom. The lowest BCUT2D eigenvalue weighted by atomic mass is 9.75. The summed E-state index contributed by atoms with van der Waals surface area (Å²) in [5.74, 6) is -0.0439. The minimum atomic E-state index is -0.402. The zero-order valence-corrected chi connectivity index (χ0v) is 18.0. The molecule has 0 radical (unpaired) electrons. The summed E-state index contributed by atoms with van der Waals surface area (Å²) in [5, 5.41) is 6.25. The number of nitrogens with one attached hydrogen (secondary N) is 2. The topological polar surface area (TPSA) is 71.1 Å². The van der Waals surface area contributed by atoms with Crippen molar-refractivity contribution < 1.29 is 9.59 Å². The van der Waals surface area contributed by atoms with Gasteiger partial charge in [-0.05, 0) is 56.5 Å². The number of dihydropyridines is 1. The summed E-state index contributed by atoms with van der Waals surface area (Å²) < 4.78 is 0.914. The minimum Gasteiger partial charge on any atom is -0.362 e. The Balaban J connectivity index is 1.79. The monoisotopic (exact) mass is 451 g/mol. The maximum atomic E-state index is 13.3. The van der Waals surface area contributed by atoms with Crippen LogP contribution in [0.2, 0.25) is 0 Å². The highest BCUT2D eigenvalue weighted by Crippen LogP contribution is 2.42. The summed E-state index contributed by atoms with van der Waals surface area (Å²) in [4.78, 5) is 30.6. The quantitative estimate of drug-likeness (QED) is 0.705. The van der Waals surface area contributed by atoms with E-state index in [1.54, 1.807) is 6.07 Å². The molecule has 1 amide bonds. The predicted molar refractivity (Wildman–Crippen MR) is 116 cm³/mol. The summed E-state index contributed by atoms with van der Waals surface area (Å²) in [7, 11) is 0. The number of Topliss-reactive ketones (excluding diaryl/α,β-unsaturated/α-hetero) is 1.